The molecule has 0 aliphatic carbocycles. The van der Waals surface area contributed by atoms with E-state index >= 15 is 0 Å². The Hall–Kier alpha value is -2.80. The zero-order valence-electron chi connectivity index (χ0n) is 18.1. The molecule has 0 saturated heterocycles. The van der Waals surface area contributed by atoms with Crippen molar-refractivity contribution in [3.05, 3.63) is 63.9 Å². The number of benzene rings is 2. The van der Waals surface area contributed by atoms with Crippen LogP contribution in [0.3, 0.4) is 0 Å². The molecule has 11 heteroatoms. The highest BCUT2D eigenvalue weighted by Gasteiger charge is 2.26. The third kappa shape index (κ3) is 5.77. The van der Waals surface area contributed by atoms with E-state index in [-0.39, 0.29) is 24.9 Å². The van der Waals surface area contributed by atoms with Crippen molar-refractivity contribution in [3.8, 4) is 17.6 Å². The molecule has 0 saturated carbocycles. The lowest BCUT2D eigenvalue weighted by Gasteiger charge is -2.27. The highest BCUT2D eigenvalue weighted by atomic mass is 35.5. The molecule has 174 valence electrons. The number of nitrogens with zero attached hydrogens (tertiary/aromatic N) is 3. The van der Waals surface area contributed by atoms with E-state index in [9.17, 15) is 13.7 Å². The number of hydrogen-bond donors (Lipinski definition) is 0. The molecule has 2 aromatic carbocycles. The lowest BCUT2D eigenvalue weighted by atomic mass is 9.77. The summed E-state index contributed by atoms with van der Waals surface area (Å²) in [5.74, 6) is 1.27. The van der Waals surface area contributed by atoms with Crippen molar-refractivity contribution >= 4 is 33.0 Å². The minimum Gasteiger partial charge on any atom is -0.489 e. The SMILES string of the molecule is CC(C)(c1ccc(OCc2noc(S(C)(=O)=O)n2)cc1)c1cc(Cl)c(OCCCl)c(C#N)c1. The van der Waals surface area contributed by atoms with Crippen molar-refractivity contribution in [1.29, 1.82) is 5.26 Å². The van der Waals surface area contributed by atoms with E-state index in [1.165, 1.54) is 0 Å². The summed E-state index contributed by atoms with van der Waals surface area (Å²) >= 11 is 12.1. The molecule has 0 fully saturated rings. The number of rotatable bonds is 9. The van der Waals surface area contributed by atoms with Crippen LogP contribution in [0.5, 0.6) is 11.5 Å². The number of hydrogen-bond acceptors (Lipinski definition) is 8. The normalized spacial score (nSPS) is 11.8. The van der Waals surface area contributed by atoms with Gasteiger partial charge in [-0.25, -0.2) is 8.42 Å². The minimum absolute atomic E-state index is 0.0489. The van der Waals surface area contributed by atoms with E-state index in [0.29, 0.717) is 22.1 Å². The maximum Gasteiger partial charge on any atom is 0.342 e. The van der Waals surface area contributed by atoms with Gasteiger partial charge >= 0.3 is 5.22 Å². The summed E-state index contributed by atoms with van der Waals surface area (Å²) in [5, 5.41) is 13.0. The Morgan fingerprint density at radius 1 is 1.15 bits per heavy atom. The molecule has 0 unspecified atom stereocenters. The summed E-state index contributed by atoms with van der Waals surface area (Å²) < 4.78 is 38.7. The maximum absolute atomic E-state index is 11.4. The smallest absolute Gasteiger partial charge is 0.342 e. The second-order valence-corrected chi connectivity index (χ2v) is 10.3. The van der Waals surface area contributed by atoms with E-state index in [0.717, 1.165) is 17.4 Å². The molecule has 0 atom stereocenters. The van der Waals surface area contributed by atoms with Gasteiger partial charge in [0.2, 0.25) is 15.7 Å². The summed E-state index contributed by atoms with van der Waals surface area (Å²) in [6, 6.07) is 13.0. The summed E-state index contributed by atoms with van der Waals surface area (Å²) in [6.07, 6.45) is 0.985. The molecule has 1 heterocycles. The van der Waals surface area contributed by atoms with Gasteiger partial charge < -0.3 is 14.0 Å². The molecule has 0 bridgehead atoms. The van der Waals surface area contributed by atoms with Crippen LogP contribution in [-0.2, 0) is 21.9 Å². The van der Waals surface area contributed by atoms with Gasteiger partial charge in [-0.1, -0.05) is 42.7 Å². The Labute approximate surface area is 202 Å². The molecule has 0 spiro atoms. The van der Waals surface area contributed by atoms with E-state index in [1.54, 1.807) is 24.3 Å². The van der Waals surface area contributed by atoms with Crippen molar-refractivity contribution in [1.82, 2.24) is 10.1 Å². The molecule has 0 N–H and O–H groups in total. The van der Waals surface area contributed by atoms with Gasteiger partial charge in [0.1, 0.15) is 18.4 Å². The summed E-state index contributed by atoms with van der Waals surface area (Å²) in [6.45, 7) is 4.23. The maximum atomic E-state index is 11.4. The molecule has 0 aliphatic rings. The van der Waals surface area contributed by atoms with E-state index in [4.69, 9.17) is 37.2 Å². The molecule has 3 aromatic rings. The Balaban J connectivity index is 1.77. The number of nitriles is 1. The molecule has 1 aromatic heterocycles. The summed E-state index contributed by atoms with van der Waals surface area (Å²) in [7, 11) is -3.57. The number of alkyl halides is 1. The minimum atomic E-state index is -3.57. The number of halogens is 2. The Morgan fingerprint density at radius 3 is 2.42 bits per heavy atom. The Bertz CT molecular complexity index is 1280. The Morgan fingerprint density at radius 2 is 1.85 bits per heavy atom. The molecule has 0 radical (unpaired) electrons. The lowest BCUT2D eigenvalue weighted by Crippen LogP contribution is -2.19. The quantitative estimate of drug-likeness (QED) is 0.386. The molecular formula is C22H21Cl2N3O5S. The van der Waals surface area contributed by atoms with Gasteiger partial charge in [0.15, 0.2) is 12.4 Å². The average molecular weight is 510 g/mol. The first-order chi connectivity index (χ1) is 15.6. The van der Waals surface area contributed by atoms with Crippen molar-refractivity contribution in [2.75, 3.05) is 18.7 Å². The van der Waals surface area contributed by atoms with Gasteiger partial charge in [-0.3, -0.25) is 0 Å². The van der Waals surface area contributed by atoms with Crippen LogP contribution in [0.25, 0.3) is 0 Å². The lowest BCUT2D eigenvalue weighted by molar-refractivity contribution is 0.280. The molecule has 0 amide bonds. The summed E-state index contributed by atoms with van der Waals surface area (Å²) in [5.41, 5.74) is 1.67. The van der Waals surface area contributed by atoms with Crippen molar-refractivity contribution < 1.29 is 22.4 Å². The van der Waals surface area contributed by atoms with Gasteiger partial charge in [-0.05, 0) is 35.4 Å². The first-order valence-corrected chi connectivity index (χ1v) is 12.6. The summed E-state index contributed by atoms with van der Waals surface area (Å²) in [4.78, 5) is 3.80. The van der Waals surface area contributed by atoms with Crippen LogP contribution in [0, 0.1) is 11.3 Å². The van der Waals surface area contributed by atoms with Crippen LogP contribution >= 0.6 is 23.2 Å². The number of sulfone groups is 1. The average Bonchev–Trinajstić information content (AvgIpc) is 3.26. The largest absolute Gasteiger partial charge is 0.489 e. The predicted octanol–water partition coefficient (Wildman–Crippen LogP) is 4.52. The van der Waals surface area contributed by atoms with Crippen LogP contribution in [0.15, 0.2) is 46.1 Å². The second-order valence-electron chi connectivity index (χ2n) is 7.67. The Kier molecular flexibility index (Phi) is 7.52. The van der Waals surface area contributed by atoms with Crippen LogP contribution in [0.4, 0.5) is 0 Å². The molecule has 8 nitrogen and oxygen atoms in total. The van der Waals surface area contributed by atoms with Crippen LogP contribution < -0.4 is 9.47 Å². The third-order valence-corrected chi connectivity index (χ3v) is 6.16. The van der Waals surface area contributed by atoms with Crippen molar-refractivity contribution in [2.24, 2.45) is 0 Å². The van der Waals surface area contributed by atoms with Gasteiger partial charge in [0.05, 0.1) is 16.5 Å². The zero-order chi connectivity index (χ0) is 24.2. The zero-order valence-corrected chi connectivity index (χ0v) is 20.5. The van der Waals surface area contributed by atoms with Gasteiger partial charge in [0.25, 0.3) is 0 Å². The number of aromatic nitrogens is 2. The fourth-order valence-electron chi connectivity index (χ4n) is 3.05. The van der Waals surface area contributed by atoms with E-state index in [2.05, 4.69) is 16.2 Å². The van der Waals surface area contributed by atoms with Gasteiger partial charge in [0, 0.05) is 11.7 Å². The van der Waals surface area contributed by atoms with Crippen LogP contribution in [-0.4, -0.2) is 37.3 Å². The van der Waals surface area contributed by atoms with Gasteiger partial charge in [-0.15, -0.1) is 11.6 Å². The van der Waals surface area contributed by atoms with E-state index < -0.39 is 20.5 Å². The highest BCUT2D eigenvalue weighted by Crippen LogP contribution is 2.38. The highest BCUT2D eigenvalue weighted by molar-refractivity contribution is 7.90. The first-order valence-electron chi connectivity index (χ1n) is 9.75. The van der Waals surface area contributed by atoms with Crippen molar-refractivity contribution in [3.63, 3.8) is 0 Å². The third-order valence-electron chi connectivity index (χ3n) is 4.92. The molecule has 33 heavy (non-hydrogen) atoms. The number of ether oxygens (including phenoxy) is 2. The molecular weight excluding hydrogens is 489 g/mol. The topological polar surface area (TPSA) is 115 Å². The van der Waals surface area contributed by atoms with Crippen molar-refractivity contribution in [2.45, 2.75) is 31.1 Å². The second kappa shape index (κ2) is 10.00. The molecule has 3 rings (SSSR count). The van der Waals surface area contributed by atoms with E-state index in [1.807, 2.05) is 26.0 Å². The fraction of sp³-hybridized carbons (Fsp3) is 0.318. The fourth-order valence-corrected chi connectivity index (χ4v) is 3.85. The standard InChI is InChI=1S/C22H21Cl2N3O5S/c1-22(2,16-10-14(12-25)20(18(24)11-16)30-9-8-23)15-4-6-17(7-5-15)31-13-19-26-21(32-27-19)33(3,28)29/h4-7,10-11H,8-9,13H2,1-3H3. The van der Waals surface area contributed by atoms with Crippen LogP contribution in [0.2, 0.25) is 5.02 Å². The molecule has 0 aliphatic heterocycles. The van der Waals surface area contributed by atoms with Gasteiger partial charge in [-0.2, -0.15) is 10.2 Å². The monoisotopic (exact) mass is 509 g/mol. The van der Waals surface area contributed by atoms with Crippen LogP contribution in [0.1, 0.15) is 36.4 Å². The first kappa shape index (κ1) is 24.8. The predicted molar refractivity (Wildman–Crippen MR) is 123 cm³/mol.